The van der Waals surface area contributed by atoms with Gasteiger partial charge in [-0.3, -0.25) is 9.78 Å². The van der Waals surface area contributed by atoms with Crippen molar-refractivity contribution < 1.29 is 4.79 Å². The third-order valence-corrected chi connectivity index (χ3v) is 8.36. The predicted molar refractivity (Wildman–Crippen MR) is 159 cm³/mol. The van der Waals surface area contributed by atoms with Crippen LogP contribution in [-0.2, 0) is 24.1 Å². The summed E-state index contributed by atoms with van der Waals surface area (Å²) in [7, 11) is 0. The summed E-state index contributed by atoms with van der Waals surface area (Å²) in [5, 5.41) is 0. The second kappa shape index (κ2) is 12.5. The minimum Gasteiger partial charge on any atom is -0.295 e. The Morgan fingerprint density at radius 1 is 0.974 bits per heavy atom. The number of aromatic nitrogens is 1. The maximum absolute atomic E-state index is 12.8. The Morgan fingerprint density at radius 2 is 1.79 bits per heavy atom. The number of pyridine rings is 1. The molecular formula is C36H41NO. The number of hydrogen-bond acceptors (Lipinski definition) is 2. The summed E-state index contributed by atoms with van der Waals surface area (Å²) in [6.45, 7) is 4.49. The molecule has 196 valence electrons. The Morgan fingerprint density at radius 3 is 2.63 bits per heavy atom. The minimum absolute atomic E-state index is 0.131. The standard InChI is InChI=1S/C36H41NO/c1-3-4-9-26(2)10-7-11-27-16-18-28(19-17-27)24-31-22-20-30-21-23-32(38)25-35(36(30)37-31)34-15-8-13-29-12-5-6-14-33(29)34/h5-6,9,12,14,16-23,34-35H,3-4,7-8,10-11,13,15,24-25H2,1-2H3. The lowest BCUT2D eigenvalue weighted by Crippen LogP contribution is -2.20. The molecule has 0 radical (unpaired) electrons. The van der Waals surface area contributed by atoms with Gasteiger partial charge in [0.2, 0.25) is 0 Å². The molecule has 5 rings (SSSR count). The van der Waals surface area contributed by atoms with Crippen molar-refractivity contribution in [3.8, 4) is 0 Å². The molecule has 2 nitrogen and oxygen atoms in total. The van der Waals surface area contributed by atoms with Crippen molar-refractivity contribution in [2.24, 2.45) is 0 Å². The largest absolute Gasteiger partial charge is 0.295 e. The molecule has 2 heteroatoms. The molecule has 0 aliphatic heterocycles. The lowest BCUT2D eigenvalue weighted by Gasteiger charge is -2.32. The van der Waals surface area contributed by atoms with Crippen molar-refractivity contribution in [2.75, 3.05) is 0 Å². The van der Waals surface area contributed by atoms with Gasteiger partial charge in [-0.25, -0.2) is 0 Å². The molecule has 2 unspecified atom stereocenters. The number of nitrogens with zero attached hydrogens (tertiary/aromatic N) is 1. The van der Waals surface area contributed by atoms with E-state index in [0.717, 1.165) is 42.6 Å². The highest BCUT2D eigenvalue weighted by Crippen LogP contribution is 2.45. The van der Waals surface area contributed by atoms with Crippen molar-refractivity contribution >= 4 is 11.9 Å². The van der Waals surface area contributed by atoms with Crippen molar-refractivity contribution in [3.63, 3.8) is 0 Å². The molecule has 0 N–H and O–H groups in total. The molecule has 2 aliphatic rings. The zero-order valence-corrected chi connectivity index (χ0v) is 23.1. The summed E-state index contributed by atoms with van der Waals surface area (Å²) in [6.07, 6.45) is 16.9. The van der Waals surface area contributed by atoms with E-state index in [0.29, 0.717) is 12.3 Å². The average Bonchev–Trinajstić information content (AvgIpc) is 3.11. The van der Waals surface area contributed by atoms with Gasteiger partial charge in [0.05, 0.1) is 5.69 Å². The normalized spacial score (nSPS) is 19.1. The van der Waals surface area contributed by atoms with Gasteiger partial charge < -0.3 is 0 Å². The van der Waals surface area contributed by atoms with Crippen molar-refractivity contribution in [1.82, 2.24) is 4.98 Å². The third kappa shape index (κ3) is 6.41. The monoisotopic (exact) mass is 503 g/mol. The van der Waals surface area contributed by atoms with Crippen molar-refractivity contribution in [3.05, 3.63) is 118 Å². The number of unbranched alkanes of at least 4 members (excludes halogenated alkanes) is 1. The van der Waals surface area contributed by atoms with Crippen LogP contribution < -0.4 is 0 Å². The predicted octanol–water partition coefficient (Wildman–Crippen LogP) is 8.93. The number of ketones is 1. The molecule has 0 fully saturated rings. The van der Waals surface area contributed by atoms with Gasteiger partial charge in [-0.2, -0.15) is 0 Å². The first-order chi connectivity index (χ1) is 18.6. The first-order valence-electron chi connectivity index (χ1n) is 14.6. The first kappa shape index (κ1) is 26.4. The highest BCUT2D eigenvalue weighted by atomic mass is 16.1. The van der Waals surface area contributed by atoms with Gasteiger partial charge in [-0.1, -0.05) is 79.6 Å². The van der Waals surface area contributed by atoms with Crippen LogP contribution >= 0.6 is 0 Å². The molecular weight excluding hydrogens is 462 g/mol. The molecule has 0 bridgehead atoms. The van der Waals surface area contributed by atoms with Gasteiger partial charge in [0.1, 0.15) is 0 Å². The zero-order chi connectivity index (χ0) is 26.3. The number of aryl methyl sites for hydroxylation is 2. The molecule has 2 aliphatic carbocycles. The number of rotatable bonds is 9. The Bertz CT molecular complexity index is 1310. The second-order valence-corrected chi connectivity index (χ2v) is 11.3. The molecule has 1 aromatic heterocycles. The van der Waals surface area contributed by atoms with E-state index in [1.54, 1.807) is 6.08 Å². The van der Waals surface area contributed by atoms with E-state index in [4.69, 9.17) is 4.98 Å². The first-order valence-corrected chi connectivity index (χ1v) is 14.6. The average molecular weight is 504 g/mol. The second-order valence-electron chi connectivity index (χ2n) is 11.3. The summed E-state index contributed by atoms with van der Waals surface area (Å²) < 4.78 is 0. The number of carbonyl (C=O) groups is 1. The molecule has 0 saturated carbocycles. The molecule has 1 heterocycles. The number of carbonyl (C=O) groups excluding carboxylic acids is 1. The van der Waals surface area contributed by atoms with E-state index in [1.165, 1.54) is 59.9 Å². The van der Waals surface area contributed by atoms with Crippen LogP contribution in [0.1, 0.15) is 110 Å². The van der Waals surface area contributed by atoms with Crippen LogP contribution in [0.15, 0.2) is 78.4 Å². The van der Waals surface area contributed by atoms with Gasteiger partial charge in [-0.05, 0) is 104 Å². The van der Waals surface area contributed by atoms with E-state index < -0.39 is 0 Å². The zero-order valence-electron chi connectivity index (χ0n) is 23.1. The third-order valence-electron chi connectivity index (χ3n) is 8.36. The number of fused-ring (bicyclic) bond motifs is 2. The summed E-state index contributed by atoms with van der Waals surface area (Å²) in [5.74, 6) is 0.695. The molecule has 2 aromatic carbocycles. The number of benzene rings is 2. The van der Waals surface area contributed by atoms with Crippen LogP contribution in [0.25, 0.3) is 6.08 Å². The van der Waals surface area contributed by atoms with Crippen LogP contribution in [0.4, 0.5) is 0 Å². The number of allylic oxidation sites excluding steroid dienone is 3. The Hall–Kier alpha value is -3.26. The summed E-state index contributed by atoms with van der Waals surface area (Å²) >= 11 is 0. The lowest BCUT2D eigenvalue weighted by atomic mass is 9.72. The van der Waals surface area contributed by atoms with Crippen LogP contribution in [0.2, 0.25) is 0 Å². The Balaban J connectivity index is 1.31. The summed E-state index contributed by atoms with van der Waals surface area (Å²) in [6, 6.07) is 22.2. The highest BCUT2D eigenvalue weighted by molar-refractivity contribution is 5.95. The summed E-state index contributed by atoms with van der Waals surface area (Å²) in [5.41, 5.74) is 10.4. The van der Waals surface area contributed by atoms with Crippen LogP contribution in [-0.4, -0.2) is 10.8 Å². The number of hydrogen-bond donors (Lipinski definition) is 0. The maximum Gasteiger partial charge on any atom is 0.156 e. The fraction of sp³-hybridized carbons (Fsp3) is 0.389. The molecule has 38 heavy (non-hydrogen) atoms. The van der Waals surface area contributed by atoms with Gasteiger partial charge in [0.15, 0.2) is 5.78 Å². The fourth-order valence-electron chi connectivity index (χ4n) is 6.27. The van der Waals surface area contributed by atoms with Crippen LogP contribution in [0, 0.1) is 0 Å². The fourth-order valence-corrected chi connectivity index (χ4v) is 6.27. The minimum atomic E-state index is 0.131. The lowest BCUT2D eigenvalue weighted by molar-refractivity contribution is -0.115. The van der Waals surface area contributed by atoms with Gasteiger partial charge in [-0.15, -0.1) is 0 Å². The van der Waals surface area contributed by atoms with E-state index >= 15 is 0 Å². The highest BCUT2D eigenvalue weighted by Gasteiger charge is 2.33. The van der Waals surface area contributed by atoms with Gasteiger partial charge in [0, 0.05) is 24.5 Å². The van der Waals surface area contributed by atoms with E-state index in [9.17, 15) is 4.79 Å². The Kier molecular flexibility index (Phi) is 8.68. The Labute approximate surface area is 228 Å². The van der Waals surface area contributed by atoms with E-state index in [1.807, 2.05) is 6.08 Å². The van der Waals surface area contributed by atoms with Gasteiger partial charge in [0.25, 0.3) is 0 Å². The van der Waals surface area contributed by atoms with Crippen LogP contribution in [0.5, 0.6) is 0 Å². The molecule has 0 spiro atoms. The van der Waals surface area contributed by atoms with E-state index in [2.05, 4.69) is 80.6 Å². The SMILES string of the molecule is CCCC=C(C)CCCc1ccc(Cc2ccc3c(n2)C(C2CCCc4ccccc42)CC(=O)C=C3)cc1. The van der Waals surface area contributed by atoms with Crippen molar-refractivity contribution in [2.45, 2.75) is 89.9 Å². The molecule has 0 saturated heterocycles. The van der Waals surface area contributed by atoms with Crippen LogP contribution in [0.3, 0.4) is 0 Å². The smallest absolute Gasteiger partial charge is 0.156 e. The topological polar surface area (TPSA) is 30.0 Å². The molecule has 2 atom stereocenters. The van der Waals surface area contributed by atoms with Gasteiger partial charge >= 0.3 is 0 Å². The quantitative estimate of drug-likeness (QED) is 0.273. The van der Waals surface area contributed by atoms with E-state index in [-0.39, 0.29) is 11.7 Å². The van der Waals surface area contributed by atoms with Crippen molar-refractivity contribution in [1.29, 1.82) is 0 Å². The molecule has 3 aromatic rings. The summed E-state index contributed by atoms with van der Waals surface area (Å²) in [4.78, 5) is 18.0. The maximum atomic E-state index is 12.8. The molecule has 0 amide bonds.